The first-order valence-corrected chi connectivity index (χ1v) is 21.9. The van der Waals surface area contributed by atoms with E-state index in [1.807, 2.05) is 0 Å². The Morgan fingerprint density at radius 1 is 0.612 bits per heavy atom. The van der Waals surface area contributed by atoms with Gasteiger partial charge in [-0.25, -0.2) is 0 Å². The molecule has 3 heteroatoms. The van der Waals surface area contributed by atoms with Gasteiger partial charge in [-0.05, 0) is 139 Å². The molecule has 4 atom stereocenters. The summed E-state index contributed by atoms with van der Waals surface area (Å²) in [6.07, 6.45) is 2.34. The van der Waals surface area contributed by atoms with Crippen LogP contribution in [-0.4, -0.2) is 19.3 Å². The molecule has 4 aromatic rings. The van der Waals surface area contributed by atoms with Crippen molar-refractivity contribution in [2.24, 2.45) is 17.8 Å². The van der Waals surface area contributed by atoms with Crippen LogP contribution >= 0.6 is 0 Å². The number of rotatable bonds is 9. The summed E-state index contributed by atoms with van der Waals surface area (Å²) in [5.41, 5.74) is 15.4. The van der Waals surface area contributed by atoms with E-state index in [4.69, 9.17) is 9.47 Å². The standard InChI is InChI=1S/C46H60O2Si/c1-30(2)40-27-42-37(35-24-20-33(21-25-35)29-48-46(7,8)9)15-13-17-39(42)44(40)49(10,11)43-31(3)26-41-36(14-12-16-38(41)43)34-22-18-32(19-23-34)28-47-45(4,5)6/h12-25,30-31,40,43-44H,26-29H2,1-11H3. The van der Waals surface area contributed by atoms with Crippen LogP contribution in [0.5, 0.6) is 0 Å². The fourth-order valence-electron chi connectivity index (χ4n) is 9.18. The Hall–Kier alpha value is -2.98. The van der Waals surface area contributed by atoms with E-state index in [1.165, 1.54) is 46.2 Å². The van der Waals surface area contributed by atoms with E-state index in [-0.39, 0.29) is 11.2 Å². The Kier molecular flexibility index (Phi) is 9.96. The van der Waals surface area contributed by atoms with Crippen LogP contribution in [0, 0.1) is 17.8 Å². The van der Waals surface area contributed by atoms with Gasteiger partial charge in [0.15, 0.2) is 0 Å². The summed E-state index contributed by atoms with van der Waals surface area (Å²) >= 11 is 0. The largest absolute Gasteiger partial charge is 0.371 e. The third-order valence-electron chi connectivity index (χ3n) is 11.4. The molecule has 0 bridgehead atoms. The lowest BCUT2D eigenvalue weighted by Crippen LogP contribution is -2.46. The lowest BCUT2D eigenvalue weighted by atomic mass is 9.91. The highest BCUT2D eigenvalue weighted by atomic mass is 28.3. The molecule has 0 fully saturated rings. The van der Waals surface area contributed by atoms with Crippen LogP contribution in [0.15, 0.2) is 84.9 Å². The van der Waals surface area contributed by atoms with Crippen molar-refractivity contribution in [1.29, 1.82) is 0 Å². The maximum atomic E-state index is 6.07. The summed E-state index contributed by atoms with van der Waals surface area (Å²) in [6, 6.07) is 32.6. The molecule has 0 radical (unpaired) electrons. The molecule has 0 aromatic heterocycles. The van der Waals surface area contributed by atoms with Crippen molar-refractivity contribution in [3.05, 3.63) is 118 Å². The van der Waals surface area contributed by atoms with Gasteiger partial charge in [-0.15, -0.1) is 0 Å². The van der Waals surface area contributed by atoms with Crippen molar-refractivity contribution < 1.29 is 9.47 Å². The highest BCUT2D eigenvalue weighted by molar-refractivity contribution is 6.80. The normalized spacial score (nSPS) is 20.9. The predicted octanol–water partition coefficient (Wildman–Crippen LogP) is 12.3. The Balaban J connectivity index is 1.32. The molecule has 0 spiro atoms. The summed E-state index contributed by atoms with van der Waals surface area (Å²) in [5, 5.41) is 0. The van der Waals surface area contributed by atoms with E-state index < -0.39 is 8.07 Å². The van der Waals surface area contributed by atoms with Gasteiger partial charge in [0, 0.05) is 0 Å². The highest BCUT2D eigenvalue weighted by Crippen LogP contribution is 2.57. The number of hydrogen-bond donors (Lipinski definition) is 0. The maximum Gasteiger partial charge on any atom is 0.0724 e. The average Bonchev–Trinajstić information content (AvgIpc) is 3.61. The summed E-state index contributed by atoms with van der Waals surface area (Å²) in [4.78, 5) is 0. The van der Waals surface area contributed by atoms with Crippen LogP contribution in [0.2, 0.25) is 13.1 Å². The van der Waals surface area contributed by atoms with Gasteiger partial charge in [0.25, 0.3) is 0 Å². The van der Waals surface area contributed by atoms with Crippen molar-refractivity contribution in [3.8, 4) is 22.3 Å². The van der Waals surface area contributed by atoms with Gasteiger partial charge >= 0.3 is 0 Å². The molecule has 0 heterocycles. The van der Waals surface area contributed by atoms with Gasteiger partial charge in [-0.1, -0.05) is 119 Å². The smallest absolute Gasteiger partial charge is 0.0724 e. The molecule has 4 aromatic carbocycles. The van der Waals surface area contributed by atoms with Gasteiger partial charge < -0.3 is 9.47 Å². The minimum absolute atomic E-state index is 0.135. The van der Waals surface area contributed by atoms with Crippen molar-refractivity contribution in [3.63, 3.8) is 0 Å². The molecule has 0 amide bonds. The van der Waals surface area contributed by atoms with Crippen LogP contribution in [0.25, 0.3) is 22.3 Å². The molecular formula is C46H60O2Si. The van der Waals surface area contributed by atoms with E-state index in [0.29, 0.717) is 42.0 Å². The third-order valence-corrected chi connectivity index (χ3v) is 16.2. The van der Waals surface area contributed by atoms with E-state index in [2.05, 4.69) is 160 Å². The Morgan fingerprint density at radius 2 is 1.04 bits per heavy atom. The summed E-state index contributed by atoms with van der Waals surface area (Å²) in [7, 11) is -1.88. The second-order valence-corrected chi connectivity index (χ2v) is 22.9. The Morgan fingerprint density at radius 3 is 1.47 bits per heavy atom. The van der Waals surface area contributed by atoms with Gasteiger partial charge in [0.05, 0.1) is 32.5 Å². The van der Waals surface area contributed by atoms with E-state index in [1.54, 1.807) is 22.3 Å². The van der Waals surface area contributed by atoms with Crippen molar-refractivity contribution >= 4 is 8.07 Å². The third kappa shape index (κ3) is 7.55. The first-order valence-electron chi connectivity index (χ1n) is 18.7. The van der Waals surface area contributed by atoms with Crippen LogP contribution < -0.4 is 0 Å². The molecule has 0 saturated carbocycles. The summed E-state index contributed by atoms with van der Waals surface area (Å²) in [5.74, 6) is 1.94. The quantitative estimate of drug-likeness (QED) is 0.165. The average molecular weight is 673 g/mol. The van der Waals surface area contributed by atoms with Crippen LogP contribution in [-0.2, 0) is 35.5 Å². The van der Waals surface area contributed by atoms with Gasteiger partial charge in [-0.2, -0.15) is 0 Å². The molecule has 49 heavy (non-hydrogen) atoms. The van der Waals surface area contributed by atoms with Gasteiger partial charge in [0.1, 0.15) is 0 Å². The second kappa shape index (κ2) is 13.6. The molecule has 4 unspecified atom stereocenters. The second-order valence-electron chi connectivity index (χ2n) is 18.0. The SMILES string of the molecule is CC(C)C1Cc2c(-c3ccc(COC(C)(C)C)cc3)cccc2C1[Si](C)(C)C1c2cccc(-c3ccc(COC(C)(C)C)cc3)c2CC1C. The summed E-state index contributed by atoms with van der Waals surface area (Å²) in [6.45, 7) is 26.9. The highest BCUT2D eigenvalue weighted by Gasteiger charge is 2.52. The minimum atomic E-state index is -1.88. The van der Waals surface area contributed by atoms with E-state index in [9.17, 15) is 0 Å². The topological polar surface area (TPSA) is 18.5 Å². The first-order chi connectivity index (χ1) is 23.0. The molecule has 2 nitrogen and oxygen atoms in total. The first kappa shape index (κ1) is 35.8. The molecule has 2 aliphatic rings. The number of fused-ring (bicyclic) bond motifs is 2. The molecular weight excluding hydrogens is 613 g/mol. The zero-order valence-electron chi connectivity index (χ0n) is 32.1. The van der Waals surface area contributed by atoms with Crippen molar-refractivity contribution in [2.75, 3.05) is 0 Å². The zero-order valence-corrected chi connectivity index (χ0v) is 33.1. The van der Waals surface area contributed by atoms with Crippen molar-refractivity contribution in [2.45, 2.75) is 124 Å². The Labute approximate surface area is 298 Å². The van der Waals surface area contributed by atoms with Crippen LogP contribution in [0.3, 0.4) is 0 Å². The number of ether oxygens (including phenoxy) is 2. The minimum Gasteiger partial charge on any atom is -0.371 e. The lowest BCUT2D eigenvalue weighted by molar-refractivity contribution is -0.0152. The molecule has 6 rings (SSSR count). The molecule has 2 aliphatic carbocycles. The monoisotopic (exact) mass is 672 g/mol. The fraction of sp³-hybridized carbons (Fsp3) is 0.478. The maximum absolute atomic E-state index is 6.07. The zero-order chi connectivity index (χ0) is 35.3. The molecule has 0 N–H and O–H groups in total. The fourth-order valence-corrected chi connectivity index (χ4v) is 14.9. The lowest BCUT2D eigenvalue weighted by Gasteiger charge is -2.43. The van der Waals surface area contributed by atoms with E-state index >= 15 is 0 Å². The molecule has 0 saturated heterocycles. The molecule has 260 valence electrons. The van der Waals surface area contributed by atoms with Crippen molar-refractivity contribution in [1.82, 2.24) is 0 Å². The van der Waals surface area contributed by atoms with E-state index in [0.717, 1.165) is 0 Å². The predicted molar refractivity (Wildman–Crippen MR) is 211 cm³/mol. The van der Waals surface area contributed by atoms with Crippen LogP contribution in [0.4, 0.5) is 0 Å². The van der Waals surface area contributed by atoms with Crippen LogP contribution in [0.1, 0.15) is 107 Å². The molecule has 0 aliphatic heterocycles. The number of benzene rings is 4. The summed E-state index contributed by atoms with van der Waals surface area (Å²) < 4.78 is 12.1. The Bertz CT molecular complexity index is 1750. The number of hydrogen-bond acceptors (Lipinski definition) is 2. The van der Waals surface area contributed by atoms with Gasteiger partial charge in [0.2, 0.25) is 0 Å². The van der Waals surface area contributed by atoms with Gasteiger partial charge in [-0.3, -0.25) is 0 Å².